The van der Waals surface area contributed by atoms with Gasteiger partial charge in [-0.15, -0.1) is 33.3 Å². The van der Waals surface area contributed by atoms with E-state index < -0.39 is 29.2 Å². The maximum atomic E-state index is 12.9. The SMILES string of the molecule is CO/N=C(\C(=O)NC1C(=O)N2C(C(=O)[O-])=C(c3nnc(NC(C)=O)s3)CS[C@H]12)c1csc(N)n1.[Na+]. The van der Waals surface area contributed by atoms with E-state index in [4.69, 9.17) is 10.6 Å². The first-order chi connectivity index (χ1) is 16.2. The van der Waals surface area contributed by atoms with Crippen LogP contribution in [-0.2, 0) is 24.0 Å². The molecule has 0 aliphatic carbocycles. The maximum Gasteiger partial charge on any atom is 1.00 e. The number of aromatic nitrogens is 3. The molecular weight excluding hydrogens is 531 g/mol. The molecule has 0 aromatic carbocycles. The molecule has 2 aliphatic heterocycles. The van der Waals surface area contributed by atoms with Crippen molar-refractivity contribution < 1.29 is 58.7 Å². The van der Waals surface area contributed by atoms with Crippen LogP contribution >= 0.6 is 34.4 Å². The van der Waals surface area contributed by atoms with E-state index in [1.807, 2.05) is 0 Å². The van der Waals surface area contributed by atoms with E-state index in [9.17, 15) is 24.3 Å². The number of nitrogen functional groups attached to an aromatic ring is 1. The smallest absolute Gasteiger partial charge is 0.543 e. The minimum atomic E-state index is -1.57. The third-order valence-corrected chi connectivity index (χ3v) is 7.43. The van der Waals surface area contributed by atoms with Gasteiger partial charge in [0.05, 0.1) is 11.7 Å². The summed E-state index contributed by atoms with van der Waals surface area (Å²) in [6.07, 6.45) is 0. The molecule has 2 aliphatic rings. The van der Waals surface area contributed by atoms with E-state index in [-0.39, 0.29) is 79.2 Å². The predicted octanol–water partition coefficient (Wildman–Crippen LogP) is -4.55. The molecule has 1 unspecified atom stereocenters. The van der Waals surface area contributed by atoms with Gasteiger partial charge in [-0.3, -0.25) is 19.3 Å². The zero-order valence-corrected chi connectivity index (χ0v) is 22.9. The normalized spacial score (nSPS) is 19.3. The largest absolute Gasteiger partial charge is 1.00 e. The van der Waals surface area contributed by atoms with Crippen molar-refractivity contribution in [2.45, 2.75) is 18.3 Å². The van der Waals surface area contributed by atoms with E-state index in [1.54, 1.807) is 0 Å². The number of thiazole rings is 1. The van der Waals surface area contributed by atoms with Crippen molar-refractivity contribution in [2.75, 3.05) is 23.9 Å². The van der Waals surface area contributed by atoms with E-state index in [2.05, 4.69) is 31.0 Å². The number of rotatable bonds is 7. The number of hydrogen-bond acceptors (Lipinski definition) is 14. The minimum absolute atomic E-state index is 0. The Morgan fingerprint density at radius 3 is 2.69 bits per heavy atom. The number of carboxylic acids is 1. The fraction of sp³-hybridized carbons (Fsp3) is 0.294. The Hall–Kier alpha value is -2.57. The van der Waals surface area contributed by atoms with Gasteiger partial charge in [0.25, 0.3) is 11.8 Å². The molecule has 0 spiro atoms. The minimum Gasteiger partial charge on any atom is -0.543 e. The predicted molar refractivity (Wildman–Crippen MR) is 121 cm³/mol. The molecule has 0 saturated carbocycles. The van der Waals surface area contributed by atoms with Crippen molar-refractivity contribution in [2.24, 2.45) is 5.16 Å². The number of nitrogens with two attached hydrogens (primary N) is 1. The number of thioether (sulfide) groups is 1. The van der Waals surface area contributed by atoms with Crippen molar-refractivity contribution in [1.82, 2.24) is 25.4 Å². The molecule has 18 heteroatoms. The zero-order valence-electron chi connectivity index (χ0n) is 18.4. The average molecular weight is 547 g/mol. The number of nitrogens with one attached hydrogen (secondary N) is 2. The molecule has 3 amide bonds. The number of carbonyl (C=O) groups excluding carboxylic acids is 4. The van der Waals surface area contributed by atoms with Crippen LogP contribution in [0.4, 0.5) is 10.3 Å². The topological polar surface area (TPSA) is 205 Å². The summed E-state index contributed by atoms with van der Waals surface area (Å²) in [5.41, 5.74) is 5.47. The number of amides is 3. The molecule has 2 aromatic heterocycles. The first-order valence-corrected chi connectivity index (χ1v) is 12.1. The van der Waals surface area contributed by atoms with Crippen LogP contribution in [0.1, 0.15) is 17.6 Å². The molecule has 1 fully saturated rings. The Morgan fingerprint density at radius 1 is 1.34 bits per heavy atom. The van der Waals surface area contributed by atoms with Gasteiger partial charge in [-0.1, -0.05) is 16.5 Å². The van der Waals surface area contributed by atoms with Crippen molar-refractivity contribution in [3.05, 3.63) is 21.8 Å². The Labute approximate surface area is 231 Å². The monoisotopic (exact) mass is 546 g/mol. The van der Waals surface area contributed by atoms with E-state index >= 15 is 0 Å². The molecule has 2 atom stereocenters. The van der Waals surface area contributed by atoms with Gasteiger partial charge in [0.2, 0.25) is 11.0 Å². The Balaban J connectivity index is 0.00000342. The number of β-lactam (4-membered cyclic amide) rings is 1. The zero-order chi connectivity index (χ0) is 24.6. The Bertz CT molecular complexity index is 1260. The molecule has 1 saturated heterocycles. The Morgan fingerprint density at radius 2 is 2.09 bits per heavy atom. The third kappa shape index (κ3) is 5.34. The second kappa shape index (κ2) is 11.0. The molecule has 35 heavy (non-hydrogen) atoms. The van der Waals surface area contributed by atoms with E-state index in [0.29, 0.717) is 0 Å². The summed E-state index contributed by atoms with van der Waals surface area (Å²) in [5, 5.41) is 29.8. The average Bonchev–Trinajstić information content (AvgIpc) is 3.42. The van der Waals surface area contributed by atoms with Gasteiger partial charge in [0, 0.05) is 23.6 Å². The van der Waals surface area contributed by atoms with Gasteiger partial charge in [0.1, 0.15) is 29.2 Å². The summed E-state index contributed by atoms with van der Waals surface area (Å²) in [5.74, 6) is -3.17. The van der Waals surface area contributed by atoms with Gasteiger partial charge in [0.15, 0.2) is 10.8 Å². The first-order valence-electron chi connectivity index (χ1n) is 9.35. The molecule has 4 N–H and O–H groups in total. The first kappa shape index (κ1) is 27.0. The summed E-state index contributed by atoms with van der Waals surface area (Å²) in [6, 6.07) is -1.02. The molecule has 2 aromatic rings. The molecule has 4 heterocycles. The quantitative estimate of drug-likeness (QED) is 0.130. The number of carboxylic acid groups (broad SMARTS) is 1. The van der Waals surface area contributed by atoms with E-state index in [0.717, 1.165) is 27.6 Å². The fourth-order valence-electron chi connectivity index (χ4n) is 3.22. The van der Waals surface area contributed by atoms with Crippen molar-refractivity contribution in [3.63, 3.8) is 0 Å². The van der Waals surface area contributed by atoms with Crippen LogP contribution in [-0.4, -0.2) is 73.8 Å². The van der Waals surface area contributed by atoms with Gasteiger partial charge >= 0.3 is 29.6 Å². The van der Waals surface area contributed by atoms with Gasteiger partial charge in [-0.2, -0.15) is 0 Å². The van der Waals surface area contributed by atoms with Crippen LogP contribution in [0.2, 0.25) is 0 Å². The van der Waals surface area contributed by atoms with Crippen molar-refractivity contribution in [1.29, 1.82) is 0 Å². The molecule has 0 radical (unpaired) electrons. The third-order valence-electron chi connectivity index (χ3n) is 4.58. The van der Waals surface area contributed by atoms with Gasteiger partial charge in [-0.25, -0.2) is 4.98 Å². The number of anilines is 2. The number of aliphatic carboxylic acids is 1. The summed E-state index contributed by atoms with van der Waals surface area (Å²) >= 11 is 3.29. The van der Waals surface area contributed by atoms with Crippen LogP contribution in [0.25, 0.3) is 5.57 Å². The van der Waals surface area contributed by atoms with Crippen LogP contribution < -0.4 is 51.0 Å². The maximum absolute atomic E-state index is 12.9. The number of fused-ring (bicyclic) bond motifs is 1. The van der Waals surface area contributed by atoms with Crippen molar-refractivity contribution in [3.8, 4) is 0 Å². The fourth-order valence-corrected chi connectivity index (χ4v) is 6.04. The van der Waals surface area contributed by atoms with Crippen LogP contribution in [0.5, 0.6) is 0 Å². The molecule has 178 valence electrons. The molecule has 14 nitrogen and oxygen atoms in total. The number of oxime groups is 1. The molecular formula is C17H15N8NaO6S3. The summed E-state index contributed by atoms with van der Waals surface area (Å²) in [4.78, 5) is 58.6. The second-order valence-electron chi connectivity index (χ2n) is 6.76. The standard InChI is InChI=1S/C17H16N8O6S3.Na/c1-5(26)19-17-23-22-12(34-17)6-3-32-14-9(13(28)25(14)10(6)15(29)30)21-11(27)8(24-31-2)7-4-33-16(18)20-7;/h4,9,14H,3H2,1-2H3,(H2,18,20)(H,21,27)(H,29,30)(H,19,23,26);/q;+1/p-1/b24-8-;/t9?,14-;/m1./s1. The van der Waals surface area contributed by atoms with E-state index in [1.165, 1.54) is 31.2 Å². The molecule has 4 rings (SSSR count). The van der Waals surface area contributed by atoms with Crippen LogP contribution in [0, 0.1) is 0 Å². The number of carbonyl (C=O) groups is 4. The summed E-state index contributed by atoms with van der Waals surface area (Å²) < 4.78 is 0. The number of nitrogens with zero attached hydrogens (tertiary/aromatic N) is 5. The van der Waals surface area contributed by atoms with Gasteiger partial charge < -0.3 is 31.1 Å². The summed E-state index contributed by atoms with van der Waals surface area (Å²) in [6.45, 7) is 1.30. The van der Waals surface area contributed by atoms with Crippen molar-refractivity contribution >= 4 is 79.7 Å². The number of hydrogen-bond donors (Lipinski definition) is 3. The summed E-state index contributed by atoms with van der Waals surface area (Å²) in [7, 11) is 1.25. The van der Waals surface area contributed by atoms with Crippen LogP contribution in [0.3, 0.4) is 0 Å². The van der Waals surface area contributed by atoms with Crippen LogP contribution in [0.15, 0.2) is 16.2 Å². The Kier molecular flexibility index (Phi) is 8.50. The van der Waals surface area contributed by atoms with Gasteiger partial charge in [-0.05, 0) is 0 Å². The molecule has 0 bridgehead atoms. The second-order valence-corrected chi connectivity index (χ2v) is 9.73.